The summed E-state index contributed by atoms with van der Waals surface area (Å²) in [5, 5.41) is 22.7. The van der Waals surface area contributed by atoms with E-state index in [9.17, 15) is 9.59 Å². The molecule has 6 nitrogen and oxygen atoms in total. The Morgan fingerprint density at radius 3 is 2.53 bits per heavy atom. The molecule has 0 aliphatic rings. The van der Waals surface area contributed by atoms with Gasteiger partial charge in [-0.25, -0.2) is 9.59 Å². The van der Waals surface area contributed by atoms with Gasteiger partial charge >= 0.3 is 12.0 Å². The highest BCUT2D eigenvalue weighted by Crippen LogP contribution is 2.32. The molecule has 0 radical (unpaired) electrons. The average molecular weight is 258 g/mol. The van der Waals surface area contributed by atoms with Crippen LogP contribution >= 0.6 is 11.3 Å². The van der Waals surface area contributed by atoms with Crippen molar-refractivity contribution in [2.75, 3.05) is 18.5 Å². The molecule has 0 saturated heterocycles. The lowest BCUT2D eigenvalue weighted by molar-refractivity contribution is 0.0697. The van der Waals surface area contributed by atoms with Gasteiger partial charge in [0.15, 0.2) is 0 Å². The number of aryl methyl sites for hydroxylation is 1. The third-order valence-corrected chi connectivity index (χ3v) is 3.35. The molecule has 0 atom stereocenters. The Morgan fingerprint density at radius 1 is 1.35 bits per heavy atom. The van der Waals surface area contributed by atoms with E-state index < -0.39 is 12.0 Å². The number of carbonyl (C=O) groups is 2. The number of nitrogens with one attached hydrogen (secondary N) is 2. The predicted octanol–water partition coefficient (Wildman–Crippen LogP) is 1.18. The van der Waals surface area contributed by atoms with Crippen LogP contribution in [-0.2, 0) is 0 Å². The van der Waals surface area contributed by atoms with Crippen LogP contribution in [0.25, 0.3) is 0 Å². The molecule has 0 spiro atoms. The van der Waals surface area contributed by atoms with Gasteiger partial charge in [-0.3, -0.25) is 5.32 Å². The van der Waals surface area contributed by atoms with Gasteiger partial charge in [0.25, 0.3) is 0 Å². The molecule has 17 heavy (non-hydrogen) atoms. The number of carboxylic acids is 1. The van der Waals surface area contributed by atoms with Crippen LogP contribution in [0.1, 0.15) is 20.8 Å². The summed E-state index contributed by atoms with van der Waals surface area (Å²) >= 11 is 1.22. The number of aliphatic hydroxyl groups excluding tert-OH is 1. The maximum Gasteiger partial charge on any atom is 0.338 e. The van der Waals surface area contributed by atoms with Gasteiger partial charge in [-0.1, -0.05) is 0 Å². The minimum absolute atomic E-state index is 0.117. The Kier molecular flexibility index (Phi) is 4.47. The van der Waals surface area contributed by atoms with E-state index in [-0.39, 0.29) is 18.7 Å². The summed E-state index contributed by atoms with van der Waals surface area (Å²) < 4.78 is 0. The first-order valence-electron chi connectivity index (χ1n) is 4.96. The topological polar surface area (TPSA) is 98.7 Å². The standard InChI is InChI=1S/C10H14N2O4S/c1-5-6(2)17-8(7(5)9(14)15)12-10(16)11-3-4-13/h13H,3-4H2,1-2H3,(H,14,15)(H2,11,12,16). The van der Waals surface area contributed by atoms with E-state index in [2.05, 4.69) is 10.6 Å². The van der Waals surface area contributed by atoms with E-state index >= 15 is 0 Å². The van der Waals surface area contributed by atoms with Crippen molar-refractivity contribution in [3.05, 3.63) is 16.0 Å². The smallest absolute Gasteiger partial charge is 0.338 e. The van der Waals surface area contributed by atoms with Gasteiger partial charge < -0.3 is 15.5 Å². The SMILES string of the molecule is Cc1sc(NC(=O)NCCO)c(C(=O)O)c1C. The van der Waals surface area contributed by atoms with Crippen LogP contribution in [0.3, 0.4) is 0 Å². The lowest BCUT2D eigenvalue weighted by Crippen LogP contribution is -2.31. The van der Waals surface area contributed by atoms with Crippen LogP contribution in [0, 0.1) is 13.8 Å². The molecule has 94 valence electrons. The number of anilines is 1. The molecule has 0 unspecified atom stereocenters. The van der Waals surface area contributed by atoms with Crippen molar-refractivity contribution in [1.82, 2.24) is 5.32 Å². The van der Waals surface area contributed by atoms with Crippen LogP contribution in [-0.4, -0.2) is 35.4 Å². The van der Waals surface area contributed by atoms with Crippen molar-refractivity contribution in [2.45, 2.75) is 13.8 Å². The number of carbonyl (C=O) groups excluding carboxylic acids is 1. The van der Waals surface area contributed by atoms with Crippen molar-refractivity contribution in [3.63, 3.8) is 0 Å². The van der Waals surface area contributed by atoms with Gasteiger partial charge in [-0.15, -0.1) is 11.3 Å². The van der Waals surface area contributed by atoms with E-state index in [1.807, 2.05) is 0 Å². The largest absolute Gasteiger partial charge is 0.478 e. The molecule has 0 aromatic carbocycles. The molecule has 0 fully saturated rings. The third kappa shape index (κ3) is 3.18. The first-order chi connectivity index (χ1) is 7.97. The van der Waals surface area contributed by atoms with E-state index in [0.717, 1.165) is 4.88 Å². The molecule has 0 aliphatic carbocycles. The molecular weight excluding hydrogens is 244 g/mol. The first-order valence-corrected chi connectivity index (χ1v) is 5.78. The van der Waals surface area contributed by atoms with Crippen LogP contribution in [0.4, 0.5) is 9.80 Å². The van der Waals surface area contributed by atoms with Crippen LogP contribution in [0.2, 0.25) is 0 Å². The number of aliphatic hydroxyl groups is 1. The maximum absolute atomic E-state index is 11.3. The Hall–Kier alpha value is -1.60. The summed E-state index contributed by atoms with van der Waals surface area (Å²) in [6.45, 7) is 3.45. The van der Waals surface area contributed by atoms with Crippen LogP contribution < -0.4 is 10.6 Å². The fraction of sp³-hybridized carbons (Fsp3) is 0.400. The molecule has 4 N–H and O–H groups in total. The second kappa shape index (κ2) is 5.65. The predicted molar refractivity (Wildman–Crippen MR) is 64.9 cm³/mol. The number of aromatic carboxylic acids is 1. The third-order valence-electron chi connectivity index (χ3n) is 2.22. The summed E-state index contributed by atoms with van der Waals surface area (Å²) in [5.41, 5.74) is 0.770. The van der Waals surface area contributed by atoms with Gasteiger partial charge in [0, 0.05) is 11.4 Å². The number of hydrogen-bond acceptors (Lipinski definition) is 4. The minimum atomic E-state index is -1.07. The summed E-state index contributed by atoms with van der Waals surface area (Å²) in [4.78, 5) is 23.2. The summed E-state index contributed by atoms with van der Waals surface area (Å²) in [6, 6.07) is -0.525. The highest BCUT2D eigenvalue weighted by Gasteiger charge is 2.19. The van der Waals surface area contributed by atoms with Gasteiger partial charge in [0.05, 0.1) is 12.2 Å². The number of rotatable bonds is 4. The Balaban J connectivity index is 2.87. The monoisotopic (exact) mass is 258 g/mol. The number of urea groups is 1. The Labute approximate surface area is 102 Å². The zero-order chi connectivity index (χ0) is 13.0. The number of amides is 2. The van der Waals surface area contributed by atoms with E-state index in [1.54, 1.807) is 13.8 Å². The molecule has 1 rings (SSSR count). The second-order valence-corrected chi connectivity index (χ2v) is 4.62. The zero-order valence-electron chi connectivity index (χ0n) is 9.53. The van der Waals surface area contributed by atoms with E-state index in [0.29, 0.717) is 10.6 Å². The molecule has 2 amide bonds. The molecule has 7 heteroatoms. The number of hydrogen-bond donors (Lipinski definition) is 4. The fourth-order valence-electron chi connectivity index (χ4n) is 1.29. The number of carboxylic acid groups (broad SMARTS) is 1. The van der Waals surface area contributed by atoms with Crippen LogP contribution in [0.15, 0.2) is 0 Å². The lowest BCUT2D eigenvalue weighted by atomic mass is 10.1. The van der Waals surface area contributed by atoms with E-state index in [1.165, 1.54) is 11.3 Å². The highest BCUT2D eigenvalue weighted by molar-refractivity contribution is 7.16. The molecular formula is C10H14N2O4S. The van der Waals surface area contributed by atoms with Gasteiger partial charge in [0.2, 0.25) is 0 Å². The molecule has 0 aliphatic heterocycles. The quantitative estimate of drug-likeness (QED) is 0.651. The normalized spacial score (nSPS) is 10.1. The molecule has 0 saturated carbocycles. The first kappa shape index (κ1) is 13.5. The van der Waals surface area contributed by atoms with Crippen molar-refractivity contribution in [1.29, 1.82) is 0 Å². The second-order valence-electron chi connectivity index (χ2n) is 3.40. The highest BCUT2D eigenvalue weighted by atomic mass is 32.1. The average Bonchev–Trinajstić information content (AvgIpc) is 2.51. The summed E-state index contributed by atoms with van der Waals surface area (Å²) in [7, 11) is 0. The van der Waals surface area contributed by atoms with Gasteiger partial charge in [0.1, 0.15) is 5.00 Å². The molecule has 0 bridgehead atoms. The maximum atomic E-state index is 11.3. The van der Waals surface area contributed by atoms with Crippen LogP contribution in [0.5, 0.6) is 0 Å². The van der Waals surface area contributed by atoms with Crippen molar-refractivity contribution in [2.24, 2.45) is 0 Å². The minimum Gasteiger partial charge on any atom is -0.478 e. The van der Waals surface area contributed by atoms with Gasteiger partial charge in [-0.2, -0.15) is 0 Å². The zero-order valence-corrected chi connectivity index (χ0v) is 10.3. The number of thiophene rings is 1. The molecule has 1 heterocycles. The lowest BCUT2D eigenvalue weighted by Gasteiger charge is -2.05. The van der Waals surface area contributed by atoms with E-state index in [4.69, 9.17) is 10.2 Å². The molecule has 1 aromatic heterocycles. The van der Waals surface area contributed by atoms with Crippen molar-refractivity contribution in [3.8, 4) is 0 Å². The van der Waals surface area contributed by atoms with Gasteiger partial charge in [-0.05, 0) is 19.4 Å². The summed E-state index contributed by atoms with van der Waals surface area (Å²) in [5.74, 6) is -1.07. The molecule has 1 aromatic rings. The van der Waals surface area contributed by atoms with Crippen molar-refractivity contribution < 1.29 is 19.8 Å². The Bertz CT molecular complexity index is 442. The van der Waals surface area contributed by atoms with Crippen molar-refractivity contribution >= 4 is 28.3 Å². The fourth-order valence-corrected chi connectivity index (χ4v) is 2.34. The Morgan fingerprint density at radius 2 is 2.00 bits per heavy atom. The summed E-state index contributed by atoms with van der Waals surface area (Å²) in [6.07, 6.45) is 0.